The zero-order valence-electron chi connectivity index (χ0n) is 12.4. The molecule has 1 aromatic carbocycles. The Labute approximate surface area is 124 Å². The molecular weight excluding hydrogens is 277 g/mol. The number of nitrogens with one attached hydrogen (secondary N) is 1. The third kappa shape index (κ3) is 4.71. The molecule has 1 fully saturated rings. The molecule has 5 heteroatoms. The van der Waals surface area contributed by atoms with Gasteiger partial charge in [-0.2, -0.15) is 13.2 Å². The second-order valence-corrected chi connectivity index (χ2v) is 5.64. The van der Waals surface area contributed by atoms with Gasteiger partial charge >= 0.3 is 6.18 Å². The molecule has 2 rings (SSSR count). The van der Waals surface area contributed by atoms with Gasteiger partial charge < -0.3 is 5.32 Å². The number of nitrogens with zero attached hydrogens (tertiary/aromatic N) is 1. The highest BCUT2D eigenvalue weighted by Crippen LogP contribution is 2.34. The van der Waals surface area contributed by atoms with Crippen LogP contribution in [-0.4, -0.2) is 30.7 Å². The number of hydrogen-bond acceptors (Lipinski definition) is 2. The van der Waals surface area contributed by atoms with Crippen LogP contribution in [0, 0.1) is 5.92 Å². The van der Waals surface area contributed by atoms with E-state index in [1.165, 1.54) is 11.1 Å². The van der Waals surface area contributed by atoms with Crippen LogP contribution in [0.1, 0.15) is 30.9 Å². The molecular formula is C16H23F3N2. The van der Waals surface area contributed by atoms with Crippen molar-refractivity contribution < 1.29 is 13.2 Å². The predicted octanol–water partition coefficient (Wildman–Crippen LogP) is 3.57. The summed E-state index contributed by atoms with van der Waals surface area (Å²) in [5, 5.41) is 3.30. The van der Waals surface area contributed by atoms with E-state index in [0.717, 1.165) is 19.6 Å². The lowest BCUT2D eigenvalue weighted by atomic mass is 9.95. The third-order valence-electron chi connectivity index (χ3n) is 4.13. The number of benzene rings is 1. The van der Waals surface area contributed by atoms with E-state index in [-0.39, 0.29) is 12.8 Å². The highest BCUT2D eigenvalue weighted by atomic mass is 19.4. The van der Waals surface area contributed by atoms with Crippen molar-refractivity contribution in [1.29, 1.82) is 0 Å². The summed E-state index contributed by atoms with van der Waals surface area (Å²) in [6.45, 7) is 5.58. The molecule has 0 aliphatic carbocycles. The van der Waals surface area contributed by atoms with Crippen LogP contribution in [0.4, 0.5) is 13.2 Å². The molecule has 0 spiro atoms. The van der Waals surface area contributed by atoms with Crippen LogP contribution >= 0.6 is 0 Å². The van der Waals surface area contributed by atoms with Crippen molar-refractivity contribution in [3.05, 3.63) is 35.4 Å². The van der Waals surface area contributed by atoms with Crippen LogP contribution in [0.2, 0.25) is 0 Å². The van der Waals surface area contributed by atoms with Gasteiger partial charge in [-0.1, -0.05) is 31.2 Å². The largest absolute Gasteiger partial charge is 0.391 e. The zero-order valence-corrected chi connectivity index (χ0v) is 12.4. The van der Waals surface area contributed by atoms with Gasteiger partial charge in [0.15, 0.2) is 0 Å². The first-order valence-corrected chi connectivity index (χ1v) is 7.57. The van der Waals surface area contributed by atoms with Crippen molar-refractivity contribution >= 4 is 0 Å². The molecule has 2 nitrogen and oxygen atoms in total. The zero-order chi connectivity index (χ0) is 15.3. The molecule has 0 bridgehead atoms. The average Bonchev–Trinajstić information content (AvgIpc) is 2.46. The van der Waals surface area contributed by atoms with Gasteiger partial charge in [0.1, 0.15) is 0 Å². The fourth-order valence-electron chi connectivity index (χ4n) is 2.80. The average molecular weight is 300 g/mol. The molecule has 0 radical (unpaired) electrons. The van der Waals surface area contributed by atoms with Crippen molar-refractivity contribution in [3.63, 3.8) is 0 Å². The molecule has 1 saturated heterocycles. The highest BCUT2D eigenvalue weighted by Gasteiger charge is 2.40. The summed E-state index contributed by atoms with van der Waals surface area (Å²) < 4.78 is 38.0. The first-order valence-electron chi connectivity index (χ1n) is 7.57. The highest BCUT2D eigenvalue weighted by molar-refractivity contribution is 5.27. The summed E-state index contributed by atoms with van der Waals surface area (Å²) in [4.78, 5) is 2.13. The maximum absolute atomic E-state index is 12.7. The van der Waals surface area contributed by atoms with E-state index in [0.29, 0.717) is 13.1 Å². The van der Waals surface area contributed by atoms with Gasteiger partial charge in [-0.3, -0.25) is 4.90 Å². The first kappa shape index (κ1) is 16.3. The first-order chi connectivity index (χ1) is 10.0. The topological polar surface area (TPSA) is 15.3 Å². The summed E-state index contributed by atoms with van der Waals surface area (Å²) in [5.74, 6) is -1.12. The molecule has 1 aromatic rings. The lowest BCUT2D eigenvalue weighted by Gasteiger charge is -2.33. The van der Waals surface area contributed by atoms with Gasteiger partial charge in [0.2, 0.25) is 0 Å². The maximum atomic E-state index is 12.7. The Balaban J connectivity index is 1.91. The summed E-state index contributed by atoms with van der Waals surface area (Å²) >= 11 is 0. The van der Waals surface area contributed by atoms with Gasteiger partial charge in [-0.15, -0.1) is 0 Å². The standard InChI is InChI=1S/C16H23F3N2/c1-2-20-11-13-5-3-4-6-14(13)12-21-9-7-15(8-10-21)16(17,18)19/h3-6,15,20H,2,7-12H2,1H3. The fraction of sp³-hybridized carbons (Fsp3) is 0.625. The Morgan fingerprint density at radius 1 is 1.14 bits per heavy atom. The SMILES string of the molecule is CCNCc1ccccc1CN1CCC(C(F)(F)F)CC1. The fourth-order valence-corrected chi connectivity index (χ4v) is 2.80. The summed E-state index contributed by atoms with van der Waals surface area (Å²) in [5.41, 5.74) is 2.45. The lowest BCUT2D eigenvalue weighted by Crippen LogP contribution is -2.38. The van der Waals surface area contributed by atoms with Crippen molar-refractivity contribution in [2.45, 2.75) is 39.0 Å². The predicted molar refractivity (Wildman–Crippen MR) is 77.9 cm³/mol. The van der Waals surface area contributed by atoms with Crippen LogP contribution in [0.15, 0.2) is 24.3 Å². The van der Waals surface area contributed by atoms with Crippen molar-refractivity contribution in [1.82, 2.24) is 10.2 Å². The monoisotopic (exact) mass is 300 g/mol. The normalized spacial score (nSPS) is 18.1. The number of hydrogen-bond donors (Lipinski definition) is 1. The second kappa shape index (κ2) is 7.27. The summed E-state index contributed by atoms with van der Waals surface area (Å²) in [6, 6.07) is 8.16. The summed E-state index contributed by atoms with van der Waals surface area (Å²) in [7, 11) is 0. The van der Waals surface area contributed by atoms with E-state index in [2.05, 4.69) is 29.3 Å². The molecule has 0 aromatic heterocycles. The Morgan fingerprint density at radius 2 is 1.76 bits per heavy atom. The maximum Gasteiger partial charge on any atom is 0.391 e. The third-order valence-corrected chi connectivity index (χ3v) is 4.13. The van der Waals surface area contributed by atoms with Gasteiger partial charge in [0.25, 0.3) is 0 Å². The minimum Gasteiger partial charge on any atom is -0.313 e. The van der Waals surface area contributed by atoms with Crippen LogP contribution in [0.25, 0.3) is 0 Å². The van der Waals surface area contributed by atoms with Crippen LogP contribution in [-0.2, 0) is 13.1 Å². The van der Waals surface area contributed by atoms with Crippen molar-refractivity contribution in [2.75, 3.05) is 19.6 Å². The van der Waals surface area contributed by atoms with Crippen molar-refractivity contribution in [3.8, 4) is 0 Å². The smallest absolute Gasteiger partial charge is 0.313 e. The van der Waals surface area contributed by atoms with Gasteiger partial charge in [0.05, 0.1) is 5.92 Å². The second-order valence-electron chi connectivity index (χ2n) is 5.64. The van der Waals surface area contributed by atoms with E-state index in [1.807, 2.05) is 12.1 Å². The molecule has 1 N–H and O–H groups in total. The molecule has 1 heterocycles. The molecule has 1 aliphatic rings. The van der Waals surface area contributed by atoms with Gasteiger partial charge in [0, 0.05) is 13.1 Å². The van der Waals surface area contributed by atoms with Gasteiger partial charge in [-0.25, -0.2) is 0 Å². The van der Waals surface area contributed by atoms with Crippen LogP contribution < -0.4 is 5.32 Å². The molecule has 1 aliphatic heterocycles. The van der Waals surface area contributed by atoms with Crippen molar-refractivity contribution in [2.24, 2.45) is 5.92 Å². The number of piperidine rings is 1. The lowest BCUT2D eigenvalue weighted by molar-refractivity contribution is -0.185. The minimum absolute atomic E-state index is 0.221. The number of rotatable bonds is 5. The molecule has 0 unspecified atom stereocenters. The Hall–Kier alpha value is -1.07. The molecule has 118 valence electrons. The van der Waals surface area contributed by atoms with E-state index >= 15 is 0 Å². The van der Waals surface area contributed by atoms with Crippen LogP contribution in [0.3, 0.4) is 0 Å². The Morgan fingerprint density at radius 3 is 2.33 bits per heavy atom. The van der Waals surface area contributed by atoms with E-state index in [9.17, 15) is 13.2 Å². The molecule has 0 saturated carbocycles. The molecule has 0 atom stereocenters. The quantitative estimate of drug-likeness (QED) is 0.894. The van der Waals surface area contributed by atoms with Crippen LogP contribution in [0.5, 0.6) is 0 Å². The summed E-state index contributed by atoms with van der Waals surface area (Å²) in [6.07, 6.45) is -3.59. The van der Waals surface area contributed by atoms with E-state index in [1.54, 1.807) is 0 Å². The van der Waals surface area contributed by atoms with E-state index < -0.39 is 12.1 Å². The Kier molecular flexibility index (Phi) is 5.65. The molecule has 0 amide bonds. The Bertz CT molecular complexity index is 437. The van der Waals surface area contributed by atoms with E-state index in [4.69, 9.17) is 0 Å². The van der Waals surface area contributed by atoms with Gasteiger partial charge in [-0.05, 0) is 43.6 Å². The number of likely N-dealkylation sites (tertiary alicyclic amines) is 1. The number of alkyl halides is 3. The number of halogens is 3. The minimum atomic E-state index is -4.03. The molecule has 21 heavy (non-hydrogen) atoms.